The van der Waals surface area contributed by atoms with E-state index < -0.39 is 0 Å². The summed E-state index contributed by atoms with van der Waals surface area (Å²) in [6.07, 6.45) is 2.53. The molecule has 0 aromatic rings. The van der Waals surface area contributed by atoms with Gasteiger partial charge < -0.3 is 10.1 Å². The summed E-state index contributed by atoms with van der Waals surface area (Å²) in [5.74, 6) is 0. The van der Waals surface area contributed by atoms with Crippen LogP contribution in [0.3, 0.4) is 0 Å². The number of hydrogen-bond acceptors (Lipinski definition) is 2. The second kappa shape index (κ2) is 2.20. The quantitative estimate of drug-likeness (QED) is 0.567. The summed E-state index contributed by atoms with van der Waals surface area (Å²) < 4.78 is 5.74. The Kier molecular flexibility index (Phi) is 1.52. The zero-order valence-corrected chi connectivity index (χ0v) is 7.44. The van der Waals surface area contributed by atoms with Crippen LogP contribution >= 0.6 is 0 Å². The van der Waals surface area contributed by atoms with E-state index in [2.05, 4.69) is 19.2 Å². The van der Waals surface area contributed by atoms with E-state index in [-0.39, 0.29) is 5.60 Å². The van der Waals surface area contributed by atoms with Crippen molar-refractivity contribution in [2.45, 2.75) is 32.3 Å². The second-order valence-corrected chi connectivity index (χ2v) is 4.65. The predicted octanol–water partition coefficient (Wildman–Crippen LogP) is 1.17. The molecule has 0 aromatic carbocycles. The highest BCUT2D eigenvalue weighted by Gasteiger charge is 2.45. The van der Waals surface area contributed by atoms with Crippen molar-refractivity contribution in [1.82, 2.24) is 5.32 Å². The standard InChI is InChI=1S/C9H17NO/c1-8(2)5-9(7-11-8)3-4-10-6-9/h10H,3-7H2,1-2H3. The minimum atomic E-state index is 0.131. The van der Waals surface area contributed by atoms with Crippen LogP contribution in [0.1, 0.15) is 26.7 Å². The Morgan fingerprint density at radius 2 is 2.18 bits per heavy atom. The molecule has 11 heavy (non-hydrogen) atoms. The van der Waals surface area contributed by atoms with Gasteiger partial charge in [0.2, 0.25) is 0 Å². The largest absolute Gasteiger partial charge is 0.375 e. The molecule has 1 atom stereocenters. The molecule has 1 spiro atoms. The summed E-state index contributed by atoms with van der Waals surface area (Å²) in [5.41, 5.74) is 0.621. The lowest BCUT2D eigenvalue weighted by atomic mass is 9.81. The molecule has 2 aliphatic rings. The van der Waals surface area contributed by atoms with Gasteiger partial charge in [-0.25, -0.2) is 0 Å². The lowest BCUT2D eigenvalue weighted by Gasteiger charge is -2.21. The van der Waals surface area contributed by atoms with Crippen LogP contribution in [0.25, 0.3) is 0 Å². The van der Waals surface area contributed by atoms with Gasteiger partial charge in [0.15, 0.2) is 0 Å². The average molecular weight is 155 g/mol. The Bertz CT molecular complexity index is 159. The van der Waals surface area contributed by atoms with Crippen molar-refractivity contribution in [3.05, 3.63) is 0 Å². The van der Waals surface area contributed by atoms with Crippen molar-refractivity contribution in [2.24, 2.45) is 5.41 Å². The number of ether oxygens (including phenoxy) is 1. The third-order valence-electron chi connectivity index (χ3n) is 2.90. The molecular formula is C9H17NO. The van der Waals surface area contributed by atoms with Gasteiger partial charge in [-0.05, 0) is 33.2 Å². The smallest absolute Gasteiger partial charge is 0.0633 e. The van der Waals surface area contributed by atoms with Gasteiger partial charge in [-0.15, -0.1) is 0 Å². The molecule has 1 unspecified atom stereocenters. The molecule has 2 saturated heterocycles. The first-order valence-electron chi connectivity index (χ1n) is 4.47. The molecule has 64 valence electrons. The second-order valence-electron chi connectivity index (χ2n) is 4.65. The van der Waals surface area contributed by atoms with Gasteiger partial charge >= 0.3 is 0 Å². The van der Waals surface area contributed by atoms with E-state index in [0.29, 0.717) is 5.41 Å². The SMILES string of the molecule is CC1(C)CC2(CCNC2)CO1. The lowest BCUT2D eigenvalue weighted by molar-refractivity contribution is 0.0320. The molecule has 0 aromatic heterocycles. The maximum absolute atomic E-state index is 5.74. The van der Waals surface area contributed by atoms with E-state index in [9.17, 15) is 0 Å². The minimum Gasteiger partial charge on any atom is -0.375 e. The van der Waals surface area contributed by atoms with E-state index >= 15 is 0 Å². The zero-order chi connectivity index (χ0) is 7.95. The highest BCUT2D eigenvalue weighted by atomic mass is 16.5. The molecule has 0 amide bonds. The summed E-state index contributed by atoms with van der Waals surface area (Å²) in [6.45, 7) is 7.70. The molecule has 1 N–H and O–H groups in total. The third kappa shape index (κ3) is 1.30. The van der Waals surface area contributed by atoms with Crippen LogP contribution in [-0.4, -0.2) is 25.3 Å². The molecule has 2 fully saturated rings. The van der Waals surface area contributed by atoms with Crippen LogP contribution in [0.2, 0.25) is 0 Å². The van der Waals surface area contributed by atoms with Crippen molar-refractivity contribution in [3.8, 4) is 0 Å². The van der Waals surface area contributed by atoms with E-state index in [1.165, 1.54) is 19.4 Å². The Morgan fingerprint density at radius 3 is 2.64 bits per heavy atom. The maximum atomic E-state index is 5.74. The van der Waals surface area contributed by atoms with E-state index in [4.69, 9.17) is 4.74 Å². The normalized spacial score (nSPS) is 42.0. The maximum Gasteiger partial charge on any atom is 0.0633 e. The number of hydrogen-bond donors (Lipinski definition) is 1. The van der Waals surface area contributed by atoms with E-state index in [1.54, 1.807) is 0 Å². The van der Waals surface area contributed by atoms with Crippen molar-refractivity contribution >= 4 is 0 Å². The highest BCUT2D eigenvalue weighted by molar-refractivity contribution is 4.97. The van der Waals surface area contributed by atoms with Gasteiger partial charge in [0.1, 0.15) is 0 Å². The van der Waals surface area contributed by atoms with Gasteiger partial charge in [0, 0.05) is 12.0 Å². The summed E-state index contributed by atoms with van der Waals surface area (Å²) >= 11 is 0. The van der Waals surface area contributed by atoms with E-state index in [1.807, 2.05) is 0 Å². The molecule has 2 rings (SSSR count). The summed E-state index contributed by atoms with van der Waals surface area (Å²) in [4.78, 5) is 0. The van der Waals surface area contributed by atoms with Gasteiger partial charge in [-0.3, -0.25) is 0 Å². The number of nitrogens with one attached hydrogen (secondary N) is 1. The Balaban J connectivity index is 2.07. The van der Waals surface area contributed by atoms with Gasteiger partial charge in [0.25, 0.3) is 0 Å². The molecule has 2 aliphatic heterocycles. The Labute approximate surface area is 68.3 Å². The van der Waals surface area contributed by atoms with Crippen molar-refractivity contribution < 1.29 is 4.74 Å². The minimum absolute atomic E-state index is 0.131. The van der Waals surface area contributed by atoms with Crippen LogP contribution in [0.4, 0.5) is 0 Å². The fourth-order valence-corrected chi connectivity index (χ4v) is 2.42. The van der Waals surface area contributed by atoms with Crippen molar-refractivity contribution in [2.75, 3.05) is 19.7 Å². The molecule has 2 nitrogen and oxygen atoms in total. The van der Waals surface area contributed by atoms with Crippen LogP contribution in [-0.2, 0) is 4.74 Å². The third-order valence-corrected chi connectivity index (χ3v) is 2.90. The summed E-state index contributed by atoms with van der Waals surface area (Å²) in [6, 6.07) is 0. The molecule has 2 heterocycles. The first-order valence-corrected chi connectivity index (χ1v) is 4.47. The number of rotatable bonds is 0. The van der Waals surface area contributed by atoms with Gasteiger partial charge in [-0.2, -0.15) is 0 Å². The monoisotopic (exact) mass is 155 g/mol. The van der Waals surface area contributed by atoms with Crippen molar-refractivity contribution in [1.29, 1.82) is 0 Å². The van der Waals surface area contributed by atoms with Crippen LogP contribution in [0.15, 0.2) is 0 Å². The van der Waals surface area contributed by atoms with Gasteiger partial charge in [0.05, 0.1) is 12.2 Å². The Morgan fingerprint density at radius 1 is 1.36 bits per heavy atom. The fourth-order valence-electron chi connectivity index (χ4n) is 2.42. The molecule has 0 radical (unpaired) electrons. The molecule has 2 heteroatoms. The van der Waals surface area contributed by atoms with Gasteiger partial charge in [-0.1, -0.05) is 0 Å². The van der Waals surface area contributed by atoms with Crippen molar-refractivity contribution in [3.63, 3.8) is 0 Å². The molecule has 0 saturated carbocycles. The zero-order valence-electron chi connectivity index (χ0n) is 7.44. The average Bonchev–Trinajstić information content (AvgIpc) is 2.43. The topological polar surface area (TPSA) is 21.3 Å². The molecule has 0 aliphatic carbocycles. The predicted molar refractivity (Wildman–Crippen MR) is 44.6 cm³/mol. The van der Waals surface area contributed by atoms with Crippen LogP contribution in [0.5, 0.6) is 0 Å². The lowest BCUT2D eigenvalue weighted by Crippen LogP contribution is -2.25. The summed E-state index contributed by atoms with van der Waals surface area (Å²) in [7, 11) is 0. The van der Waals surface area contributed by atoms with Crippen LogP contribution in [0, 0.1) is 5.41 Å². The highest BCUT2D eigenvalue weighted by Crippen LogP contribution is 2.42. The molecular weight excluding hydrogens is 138 g/mol. The first kappa shape index (κ1) is 7.56. The van der Waals surface area contributed by atoms with E-state index in [0.717, 1.165) is 13.2 Å². The molecule has 0 bridgehead atoms. The van der Waals surface area contributed by atoms with Crippen LogP contribution < -0.4 is 5.32 Å². The summed E-state index contributed by atoms with van der Waals surface area (Å²) in [5, 5.41) is 3.41. The first-order chi connectivity index (χ1) is 5.12. The fraction of sp³-hybridized carbons (Fsp3) is 1.00. The Hall–Kier alpha value is -0.0800.